The Labute approximate surface area is 166 Å². The molecule has 0 bridgehead atoms. The van der Waals surface area contributed by atoms with Crippen LogP contribution in [0.25, 0.3) is 0 Å². The molecule has 1 aliphatic heterocycles. The number of esters is 1. The van der Waals surface area contributed by atoms with E-state index in [0.29, 0.717) is 17.5 Å². The number of hydrogen-bond donors (Lipinski definition) is 0. The summed E-state index contributed by atoms with van der Waals surface area (Å²) in [7, 11) is 0. The van der Waals surface area contributed by atoms with Gasteiger partial charge in [-0.15, -0.1) is 0 Å². The summed E-state index contributed by atoms with van der Waals surface area (Å²) in [5, 5.41) is 0. The average Bonchev–Trinajstić information content (AvgIpc) is 2.90. The monoisotopic (exact) mass is 429 g/mol. The first-order valence-corrected chi connectivity index (χ1v) is 9.55. The molecule has 2 aromatic rings. The van der Waals surface area contributed by atoms with E-state index in [4.69, 9.17) is 4.74 Å². The van der Waals surface area contributed by atoms with Crippen LogP contribution in [0.1, 0.15) is 46.5 Å². The van der Waals surface area contributed by atoms with E-state index in [-0.39, 0.29) is 12.5 Å². The average molecular weight is 430 g/mol. The Bertz CT molecular complexity index is 841. The highest BCUT2D eigenvalue weighted by atomic mass is 79.9. The van der Waals surface area contributed by atoms with Crippen LogP contribution in [0.5, 0.6) is 0 Å². The molecule has 1 unspecified atom stereocenters. The van der Waals surface area contributed by atoms with E-state index in [1.807, 2.05) is 38.1 Å². The largest absolute Gasteiger partial charge is 0.459 e. The van der Waals surface area contributed by atoms with Gasteiger partial charge in [0.1, 0.15) is 12.6 Å². The van der Waals surface area contributed by atoms with Gasteiger partial charge in [0.05, 0.1) is 11.1 Å². The summed E-state index contributed by atoms with van der Waals surface area (Å²) in [6.07, 6.45) is 0.352. The van der Waals surface area contributed by atoms with Crippen molar-refractivity contribution in [3.05, 3.63) is 69.7 Å². The lowest BCUT2D eigenvalue weighted by Gasteiger charge is -2.26. The minimum Gasteiger partial charge on any atom is -0.459 e. The van der Waals surface area contributed by atoms with Crippen LogP contribution in [0.15, 0.2) is 53.0 Å². The van der Waals surface area contributed by atoms with E-state index in [1.165, 1.54) is 0 Å². The van der Waals surface area contributed by atoms with Gasteiger partial charge in [-0.05, 0) is 42.2 Å². The first kappa shape index (κ1) is 19.3. The summed E-state index contributed by atoms with van der Waals surface area (Å²) < 4.78 is 6.37. The molecule has 0 saturated heterocycles. The lowest BCUT2D eigenvalue weighted by Crippen LogP contribution is -2.46. The predicted octanol–water partition coefficient (Wildman–Crippen LogP) is 4.20. The predicted molar refractivity (Wildman–Crippen MR) is 104 cm³/mol. The molecular formula is C21H20BrNO4. The van der Waals surface area contributed by atoms with E-state index in [2.05, 4.69) is 15.9 Å². The van der Waals surface area contributed by atoms with Crippen molar-refractivity contribution in [1.29, 1.82) is 0 Å². The number of ether oxygens (including phenoxy) is 1. The number of nitrogens with zero attached hydrogens (tertiary/aromatic N) is 1. The van der Waals surface area contributed by atoms with Crippen LogP contribution in [0.2, 0.25) is 0 Å². The van der Waals surface area contributed by atoms with E-state index in [1.54, 1.807) is 24.3 Å². The molecule has 0 spiro atoms. The number of halogens is 1. The molecule has 1 aliphatic rings. The van der Waals surface area contributed by atoms with Gasteiger partial charge in [-0.3, -0.25) is 14.5 Å². The van der Waals surface area contributed by atoms with Crippen molar-refractivity contribution in [1.82, 2.24) is 4.90 Å². The molecule has 0 radical (unpaired) electrons. The summed E-state index contributed by atoms with van der Waals surface area (Å²) in [4.78, 5) is 39.3. The summed E-state index contributed by atoms with van der Waals surface area (Å²) in [6.45, 7) is 3.96. The Morgan fingerprint density at radius 3 is 2.07 bits per heavy atom. The van der Waals surface area contributed by atoms with Gasteiger partial charge in [0.15, 0.2) is 0 Å². The van der Waals surface area contributed by atoms with Crippen molar-refractivity contribution in [2.24, 2.45) is 5.92 Å². The van der Waals surface area contributed by atoms with Crippen LogP contribution in [0, 0.1) is 5.92 Å². The van der Waals surface area contributed by atoms with Gasteiger partial charge in [-0.25, -0.2) is 4.79 Å². The highest BCUT2D eigenvalue weighted by molar-refractivity contribution is 9.10. The minimum atomic E-state index is -0.937. The third-order valence-electron chi connectivity index (χ3n) is 4.40. The number of carbonyl (C=O) groups is 3. The molecule has 0 aliphatic carbocycles. The number of amides is 2. The zero-order chi connectivity index (χ0) is 19.6. The molecular weight excluding hydrogens is 410 g/mol. The van der Waals surface area contributed by atoms with Crippen LogP contribution in [-0.4, -0.2) is 28.7 Å². The molecule has 5 nitrogen and oxygen atoms in total. The van der Waals surface area contributed by atoms with Crippen molar-refractivity contribution in [3.8, 4) is 0 Å². The molecule has 6 heteroatoms. The molecule has 1 atom stereocenters. The summed E-state index contributed by atoms with van der Waals surface area (Å²) in [6, 6.07) is 13.1. The topological polar surface area (TPSA) is 63.7 Å². The fourth-order valence-corrected chi connectivity index (χ4v) is 3.34. The standard InChI is InChI=1S/C21H20BrNO4/c1-13(2)11-18(21(26)27-12-14-7-9-15(22)10-8-14)23-19(24)16-5-3-4-6-17(16)20(23)25/h3-10,13,18H,11-12H2,1-2H3. The van der Waals surface area contributed by atoms with Gasteiger partial charge >= 0.3 is 5.97 Å². The molecule has 3 rings (SSSR count). The second kappa shape index (κ2) is 8.05. The van der Waals surface area contributed by atoms with Crippen molar-refractivity contribution >= 4 is 33.7 Å². The summed E-state index contributed by atoms with van der Waals surface area (Å²) in [5.74, 6) is -1.34. The second-order valence-electron chi connectivity index (χ2n) is 6.91. The zero-order valence-electron chi connectivity index (χ0n) is 15.1. The molecule has 0 fully saturated rings. The van der Waals surface area contributed by atoms with Gasteiger partial charge in [0.25, 0.3) is 11.8 Å². The molecule has 2 aromatic carbocycles. The first-order valence-electron chi connectivity index (χ1n) is 8.76. The number of imide groups is 1. The Hall–Kier alpha value is -2.47. The fourth-order valence-electron chi connectivity index (χ4n) is 3.08. The van der Waals surface area contributed by atoms with Crippen LogP contribution in [0.4, 0.5) is 0 Å². The molecule has 0 aromatic heterocycles. The molecule has 27 heavy (non-hydrogen) atoms. The van der Waals surface area contributed by atoms with E-state index in [9.17, 15) is 14.4 Å². The van der Waals surface area contributed by atoms with Crippen LogP contribution >= 0.6 is 15.9 Å². The minimum absolute atomic E-state index is 0.0872. The zero-order valence-corrected chi connectivity index (χ0v) is 16.7. The number of fused-ring (bicyclic) bond motifs is 1. The maximum Gasteiger partial charge on any atom is 0.329 e. The molecule has 1 heterocycles. The third kappa shape index (κ3) is 4.11. The number of benzene rings is 2. The Balaban J connectivity index is 1.79. The lowest BCUT2D eigenvalue weighted by atomic mass is 10.0. The van der Waals surface area contributed by atoms with Crippen molar-refractivity contribution in [2.45, 2.75) is 32.9 Å². The second-order valence-corrected chi connectivity index (χ2v) is 7.82. The highest BCUT2D eigenvalue weighted by Crippen LogP contribution is 2.27. The van der Waals surface area contributed by atoms with E-state index >= 15 is 0 Å². The van der Waals surface area contributed by atoms with Crippen molar-refractivity contribution < 1.29 is 19.1 Å². The van der Waals surface area contributed by atoms with Gasteiger partial charge in [-0.2, -0.15) is 0 Å². The van der Waals surface area contributed by atoms with E-state index < -0.39 is 23.8 Å². The Morgan fingerprint density at radius 1 is 1.00 bits per heavy atom. The molecule has 2 amide bonds. The number of hydrogen-bond acceptors (Lipinski definition) is 4. The van der Waals surface area contributed by atoms with Gasteiger partial charge in [0, 0.05) is 4.47 Å². The number of rotatable bonds is 6. The van der Waals surface area contributed by atoms with E-state index in [0.717, 1.165) is 14.9 Å². The maximum absolute atomic E-state index is 12.8. The molecule has 0 saturated carbocycles. The smallest absolute Gasteiger partial charge is 0.329 e. The lowest BCUT2D eigenvalue weighted by molar-refractivity contribution is -0.150. The van der Waals surface area contributed by atoms with Crippen molar-refractivity contribution in [2.75, 3.05) is 0 Å². The Kier molecular flexibility index (Phi) is 5.75. The SMILES string of the molecule is CC(C)CC(C(=O)OCc1ccc(Br)cc1)N1C(=O)c2ccccc2C1=O. The van der Waals surface area contributed by atoms with Crippen LogP contribution in [0.3, 0.4) is 0 Å². The first-order chi connectivity index (χ1) is 12.9. The van der Waals surface area contributed by atoms with Gasteiger partial charge in [-0.1, -0.05) is 54.0 Å². The summed E-state index contributed by atoms with van der Waals surface area (Å²) in [5.41, 5.74) is 1.49. The molecule has 140 valence electrons. The van der Waals surface area contributed by atoms with Crippen LogP contribution < -0.4 is 0 Å². The highest BCUT2D eigenvalue weighted by Gasteiger charge is 2.43. The summed E-state index contributed by atoms with van der Waals surface area (Å²) >= 11 is 3.36. The quantitative estimate of drug-likeness (QED) is 0.509. The third-order valence-corrected chi connectivity index (χ3v) is 4.93. The number of carbonyl (C=O) groups excluding carboxylic acids is 3. The molecule has 0 N–H and O–H groups in total. The van der Waals surface area contributed by atoms with Gasteiger partial charge < -0.3 is 4.74 Å². The Morgan fingerprint density at radius 2 is 1.56 bits per heavy atom. The maximum atomic E-state index is 12.8. The van der Waals surface area contributed by atoms with Crippen LogP contribution in [-0.2, 0) is 16.1 Å². The fraction of sp³-hybridized carbons (Fsp3) is 0.286. The van der Waals surface area contributed by atoms with Gasteiger partial charge in [0.2, 0.25) is 0 Å². The van der Waals surface area contributed by atoms with Crippen molar-refractivity contribution in [3.63, 3.8) is 0 Å². The normalized spacial score (nSPS) is 14.4.